The van der Waals surface area contributed by atoms with Crippen molar-refractivity contribution in [3.05, 3.63) is 70.0 Å². The van der Waals surface area contributed by atoms with E-state index in [4.69, 9.17) is 25.7 Å². The van der Waals surface area contributed by atoms with Gasteiger partial charge >= 0.3 is 0 Å². The molecular weight excluding hydrogens is 505 g/mol. The predicted octanol–water partition coefficient (Wildman–Crippen LogP) is 1.84. The lowest BCUT2D eigenvalue weighted by Gasteiger charge is -2.31. The molecule has 1 aliphatic heterocycles. The van der Waals surface area contributed by atoms with Crippen molar-refractivity contribution in [2.45, 2.75) is 12.6 Å². The van der Waals surface area contributed by atoms with Crippen LogP contribution in [0.2, 0.25) is 0 Å². The molecule has 5 N–H and O–H groups in total. The van der Waals surface area contributed by atoms with Crippen molar-refractivity contribution in [1.82, 2.24) is 14.6 Å². The molecule has 37 heavy (non-hydrogen) atoms. The number of nitrogens with two attached hydrogens (primary N) is 2. The Morgan fingerprint density at radius 1 is 1.19 bits per heavy atom. The van der Waals surface area contributed by atoms with Gasteiger partial charge in [-0.25, -0.2) is 4.39 Å². The van der Waals surface area contributed by atoms with Crippen LogP contribution in [-0.2, 0) is 16.1 Å². The van der Waals surface area contributed by atoms with Crippen molar-refractivity contribution in [3.8, 4) is 11.5 Å². The van der Waals surface area contributed by atoms with Crippen molar-refractivity contribution in [2.75, 3.05) is 32.8 Å². The number of halogens is 1. The number of ether oxygens (including phenoxy) is 3. The monoisotopic (exact) mass is 529 g/mol. The number of benzene rings is 2. The van der Waals surface area contributed by atoms with E-state index in [-0.39, 0.29) is 42.7 Å². The van der Waals surface area contributed by atoms with Crippen LogP contribution in [0.5, 0.6) is 11.5 Å². The number of aromatic nitrogens is 1. The van der Waals surface area contributed by atoms with E-state index >= 15 is 0 Å². The van der Waals surface area contributed by atoms with E-state index < -0.39 is 29.6 Å². The highest BCUT2D eigenvalue weighted by Gasteiger charge is 2.35. The molecule has 0 fully saturated rings. The number of hydrogen-bond donors (Lipinski definition) is 3. The first kappa shape index (κ1) is 25.9. The van der Waals surface area contributed by atoms with Crippen LogP contribution in [0.3, 0.4) is 0 Å². The summed E-state index contributed by atoms with van der Waals surface area (Å²) < 4.78 is 33.5. The van der Waals surface area contributed by atoms with Crippen molar-refractivity contribution in [2.24, 2.45) is 5.73 Å². The third kappa shape index (κ3) is 5.62. The van der Waals surface area contributed by atoms with Crippen LogP contribution in [-0.4, -0.2) is 54.0 Å². The highest BCUT2D eigenvalue weighted by atomic mass is 32.1. The number of nitrogen functional groups attached to an aromatic ring is 1. The fourth-order valence-corrected chi connectivity index (χ4v) is 4.53. The Morgan fingerprint density at radius 3 is 2.59 bits per heavy atom. The van der Waals surface area contributed by atoms with Crippen LogP contribution < -0.4 is 26.3 Å². The van der Waals surface area contributed by atoms with Crippen LogP contribution in [0.25, 0.3) is 0 Å². The Kier molecular flexibility index (Phi) is 7.84. The second kappa shape index (κ2) is 11.2. The number of nitrogens with one attached hydrogen (secondary N) is 1. The molecule has 2 aromatic carbocycles. The number of carbonyl (C=O) groups excluding carboxylic acids is 3. The van der Waals surface area contributed by atoms with E-state index in [0.29, 0.717) is 34.2 Å². The number of carbonyl (C=O) groups is 3. The summed E-state index contributed by atoms with van der Waals surface area (Å²) in [7, 11) is 1.49. The Morgan fingerprint density at radius 2 is 1.92 bits per heavy atom. The van der Waals surface area contributed by atoms with Gasteiger partial charge in [-0.3, -0.25) is 14.4 Å². The Balaban J connectivity index is 1.78. The summed E-state index contributed by atoms with van der Waals surface area (Å²) in [6.07, 6.45) is 0. The van der Waals surface area contributed by atoms with E-state index in [2.05, 4.69) is 9.69 Å². The van der Waals surface area contributed by atoms with E-state index in [1.807, 2.05) is 0 Å². The molecule has 0 saturated heterocycles. The number of anilines is 1. The van der Waals surface area contributed by atoms with Gasteiger partial charge in [0.1, 0.15) is 16.7 Å². The van der Waals surface area contributed by atoms with Gasteiger partial charge in [0.15, 0.2) is 17.2 Å². The van der Waals surface area contributed by atoms with Gasteiger partial charge in [-0.1, -0.05) is 18.2 Å². The van der Waals surface area contributed by atoms with Crippen molar-refractivity contribution >= 4 is 34.9 Å². The van der Waals surface area contributed by atoms with Crippen LogP contribution in [0, 0.1) is 5.82 Å². The maximum atomic E-state index is 13.9. The van der Waals surface area contributed by atoms with Crippen LogP contribution in [0.4, 0.5) is 10.1 Å². The third-order valence-corrected chi connectivity index (χ3v) is 6.41. The Hall–Kier alpha value is -4.23. The lowest BCUT2D eigenvalue weighted by atomic mass is 10.0. The molecule has 3 amide bonds. The topological polar surface area (TPSA) is 159 Å². The van der Waals surface area contributed by atoms with Crippen molar-refractivity contribution in [3.63, 3.8) is 0 Å². The maximum Gasteiger partial charge on any atom is 0.270 e. The summed E-state index contributed by atoms with van der Waals surface area (Å²) in [4.78, 5) is 40.2. The molecule has 194 valence electrons. The quantitative estimate of drug-likeness (QED) is 0.336. The highest BCUT2D eigenvalue weighted by Crippen LogP contribution is 2.35. The van der Waals surface area contributed by atoms with Crippen molar-refractivity contribution < 1.29 is 33.0 Å². The third-order valence-electron chi connectivity index (χ3n) is 5.56. The molecule has 0 saturated carbocycles. The summed E-state index contributed by atoms with van der Waals surface area (Å²) in [5, 5.41) is 2.74. The number of methoxy groups -OCH3 is 1. The maximum absolute atomic E-state index is 13.9. The first-order valence-electron chi connectivity index (χ1n) is 11.1. The first-order chi connectivity index (χ1) is 17.8. The molecule has 1 atom stereocenters. The zero-order valence-corrected chi connectivity index (χ0v) is 20.5. The van der Waals surface area contributed by atoms with Crippen molar-refractivity contribution in [1.29, 1.82) is 0 Å². The molecule has 4 rings (SSSR count). The number of rotatable bonds is 10. The lowest BCUT2D eigenvalue weighted by molar-refractivity contribution is -0.126. The summed E-state index contributed by atoms with van der Waals surface area (Å²) in [5.41, 5.74) is 11.9. The summed E-state index contributed by atoms with van der Waals surface area (Å²) >= 11 is 0.696. The molecule has 3 aromatic rings. The molecule has 1 aromatic heterocycles. The second-order valence-corrected chi connectivity index (χ2v) is 8.77. The van der Waals surface area contributed by atoms with Crippen LogP contribution in [0.15, 0.2) is 42.5 Å². The molecule has 0 aliphatic carbocycles. The molecule has 0 bridgehead atoms. The highest BCUT2D eigenvalue weighted by molar-refractivity contribution is 7.09. The normalized spacial score (nSPS) is 12.7. The lowest BCUT2D eigenvalue weighted by Crippen LogP contribution is -2.44. The minimum absolute atomic E-state index is 0.0636. The molecule has 11 nitrogen and oxygen atoms in total. The average Bonchev–Trinajstić information content (AvgIpc) is 3.50. The summed E-state index contributed by atoms with van der Waals surface area (Å²) in [6, 6.07) is 9.13. The Labute approximate surface area is 215 Å². The summed E-state index contributed by atoms with van der Waals surface area (Å²) in [5.74, 6) is -1.56. The minimum Gasteiger partial charge on any atom is -0.454 e. The average molecular weight is 530 g/mol. The molecule has 0 spiro atoms. The fraction of sp³-hybridized carbons (Fsp3) is 0.250. The van der Waals surface area contributed by atoms with Crippen LogP contribution >= 0.6 is 11.5 Å². The number of nitrogens with zero attached hydrogens (tertiary/aromatic N) is 2. The van der Waals surface area contributed by atoms with Gasteiger partial charge < -0.3 is 35.9 Å². The smallest absolute Gasteiger partial charge is 0.270 e. The van der Waals surface area contributed by atoms with E-state index in [0.717, 1.165) is 0 Å². The van der Waals surface area contributed by atoms with E-state index in [1.165, 1.54) is 36.3 Å². The van der Waals surface area contributed by atoms with E-state index in [1.54, 1.807) is 18.2 Å². The fourth-order valence-electron chi connectivity index (χ4n) is 3.77. The molecule has 2 heterocycles. The molecule has 0 unspecified atom stereocenters. The molecule has 13 heteroatoms. The summed E-state index contributed by atoms with van der Waals surface area (Å²) in [6.45, 7) is 0.405. The zero-order valence-electron chi connectivity index (χ0n) is 19.7. The number of hydrogen-bond acceptors (Lipinski definition) is 9. The molecule has 0 radical (unpaired) electrons. The van der Waals surface area contributed by atoms with Gasteiger partial charge in [-0.05, 0) is 46.9 Å². The van der Waals surface area contributed by atoms with Gasteiger partial charge in [0, 0.05) is 20.2 Å². The molecular formula is C24H24FN5O6S. The van der Waals surface area contributed by atoms with Gasteiger partial charge in [0.25, 0.3) is 11.8 Å². The Bertz CT molecular complexity index is 1320. The van der Waals surface area contributed by atoms with Gasteiger partial charge in [0.05, 0.1) is 12.3 Å². The van der Waals surface area contributed by atoms with Gasteiger partial charge in [-0.15, -0.1) is 0 Å². The number of fused-ring (bicyclic) bond motifs is 1. The largest absolute Gasteiger partial charge is 0.454 e. The predicted molar refractivity (Wildman–Crippen MR) is 132 cm³/mol. The number of primary amides is 1. The van der Waals surface area contributed by atoms with Gasteiger partial charge in [0.2, 0.25) is 12.7 Å². The van der Waals surface area contributed by atoms with E-state index in [9.17, 15) is 18.8 Å². The van der Waals surface area contributed by atoms with Gasteiger partial charge in [-0.2, -0.15) is 4.37 Å². The van der Waals surface area contributed by atoms with Crippen LogP contribution in [0.1, 0.15) is 37.3 Å². The SMILES string of the molecule is COCCNC(=O)[C@@H](c1ccc(F)cc1)N(Cc1ccc2c(c1)OCO2)C(=O)c1snc(C(N)=O)c1N. The zero-order chi connectivity index (χ0) is 26.5. The molecule has 1 aliphatic rings. The standard InChI is InChI=1S/C24H24FN5O6S/c1-34-9-8-28-23(32)20(14-3-5-15(25)6-4-14)30(11-13-2-7-16-17(10-13)36-12-35-16)24(33)21-18(26)19(22(27)31)29-37-21/h2-7,10,20H,8-9,11-12,26H2,1H3,(H2,27,31)(H,28,32)/t20-/m1/s1. The minimum atomic E-state index is -1.20. The number of amides is 3. The second-order valence-electron chi connectivity index (χ2n) is 8.00. The first-order valence-corrected chi connectivity index (χ1v) is 11.8.